The van der Waals surface area contributed by atoms with Gasteiger partial charge in [-0.2, -0.15) is 0 Å². The van der Waals surface area contributed by atoms with E-state index in [0.717, 1.165) is 24.3 Å². The number of halogens is 20. The van der Waals surface area contributed by atoms with Crippen molar-refractivity contribution in [3.8, 4) is 33.4 Å². The van der Waals surface area contributed by atoms with Gasteiger partial charge in [-0.15, -0.1) is 0 Å². The highest BCUT2D eigenvalue weighted by molar-refractivity contribution is 6.96. The number of para-hydroxylation sites is 1. The van der Waals surface area contributed by atoms with E-state index in [4.69, 9.17) is 0 Å². The molecular formula is C62H23B2F20N. The van der Waals surface area contributed by atoms with Gasteiger partial charge < -0.3 is 4.90 Å². The van der Waals surface area contributed by atoms with Crippen LogP contribution in [0.3, 0.4) is 0 Å². The van der Waals surface area contributed by atoms with E-state index in [1.165, 1.54) is 24.3 Å². The monoisotopic (exact) mass is 1180 g/mol. The Morgan fingerprint density at radius 2 is 0.600 bits per heavy atom. The first-order valence-corrected chi connectivity index (χ1v) is 24.8. The maximum absolute atomic E-state index is 15.5. The van der Waals surface area contributed by atoms with Crippen molar-refractivity contribution in [3.05, 3.63) is 256 Å². The molecule has 0 fully saturated rings. The van der Waals surface area contributed by atoms with Gasteiger partial charge in [-0.1, -0.05) is 114 Å². The van der Waals surface area contributed by atoms with Crippen molar-refractivity contribution >= 4 is 84.8 Å². The third kappa shape index (κ3) is 8.50. The maximum atomic E-state index is 15.5. The molecule has 1 aliphatic heterocycles. The van der Waals surface area contributed by atoms with E-state index in [1.54, 1.807) is 72.8 Å². The molecule has 0 aromatic heterocycles. The number of fused-ring (bicyclic) bond motifs is 4. The van der Waals surface area contributed by atoms with Gasteiger partial charge in [-0.25, -0.2) is 87.8 Å². The molecule has 0 aliphatic carbocycles. The Hall–Kier alpha value is -9.53. The van der Waals surface area contributed by atoms with Gasteiger partial charge in [-0.3, -0.25) is 0 Å². The fourth-order valence-electron chi connectivity index (χ4n) is 11.1. The summed E-state index contributed by atoms with van der Waals surface area (Å²) in [4.78, 5) is 1.89. The molecular weight excluding hydrogens is 1160 g/mol. The molecule has 1 nitrogen and oxygen atoms in total. The van der Waals surface area contributed by atoms with Crippen LogP contribution in [0.1, 0.15) is 0 Å². The first-order valence-electron chi connectivity index (χ1n) is 24.8. The Balaban J connectivity index is 0.966. The minimum atomic E-state index is -2.80. The summed E-state index contributed by atoms with van der Waals surface area (Å²) in [5, 5.41) is 2.60. The summed E-state index contributed by atoms with van der Waals surface area (Å²) in [6, 6.07) is 35.0. The third-order valence-electron chi connectivity index (χ3n) is 15.0. The molecule has 0 amide bonds. The zero-order chi connectivity index (χ0) is 60.5. The van der Waals surface area contributed by atoms with Gasteiger partial charge in [0.15, 0.2) is 116 Å². The van der Waals surface area contributed by atoms with E-state index >= 15 is 35.1 Å². The van der Waals surface area contributed by atoms with Gasteiger partial charge >= 0.3 is 0 Å². The Labute approximate surface area is 465 Å². The summed E-state index contributed by atoms with van der Waals surface area (Å²) in [7, 11) is 0. The van der Waals surface area contributed by atoms with Gasteiger partial charge in [0.2, 0.25) is 0 Å². The molecule has 0 radical (unpaired) electrons. The van der Waals surface area contributed by atoms with Gasteiger partial charge in [0.1, 0.15) is 0 Å². The van der Waals surface area contributed by atoms with Gasteiger partial charge in [0, 0.05) is 38.5 Å². The topological polar surface area (TPSA) is 3.24 Å². The van der Waals surface area contributed by atoms with Crippen molar-refractivity contribution in [2.75, 3.05) is 4.90 Å². The summed E-state index contributed by atoms with van der Waals surface area (Å²) in [6.07, 6.45) is 0. The molecule has 11 aromatic rings. The van der Waals surface area contributed by atoms with E-state index in [1.807, 2.05) is 23.1 Å². The summed E-state index contributed by atoms with van der Waals surface area (Å²) >= 11 is 0. The number of hydrogen-bond acceptors (Lipinski definition) is 1. The number of nitrogens with zero attached hydrogens (tertiary/aromatic N) is 1. The summed E-state index contributed by atoms with van der Waals surface area (Å²) in [6.45, 7) is -5.59. The van der Waals surface area contributed by atoms with Crippen LogP contribution in [0, 0.1) is 116 Å². The molecule has 11 aromatic carbocycles. The number of benzene rings is 11. The van der Waals surface area contributed by atoms with E-state index < -0.39 is 163 Å². The highest BCUT2D eigenvalue weighted by Crippen LogP contribution is 2.53. The van der Waals surface area contributed by atoms with Crippen LogP contribution in [0.25, 0.3) is 54.9 Å². The average Bonchev–Trinajstić information content (AvgIpc) is 1.02. The SMILES string of the molecule is Fc1c(F)c(F)c(B(c2ccc(-c3ccc4c(c3)N(c3ccccc3)c3cccc5c3c-4cc3ccc(-c4ccc(B(c6c(F)c(F)c(F)c(F)c6F)c6c(F)c(F)c(F)c(F)c6F)cc4)cc35)cc2)c2c(F)c(F)c(F)c(F)c2F)c(F)c1F. The minimum absolute atomic E-state index is 0.266. The van der Waals surface area contributed by atoms with Crippen LogP contribution in [-0.2, 0) is 0 Å². The van der Waals surface area contributed by atoms with E-state index in [-0.39, 0.29) is 11.1 Å². The third-order valence-corrected chi connectivity index (χ3v) is 15.0. The molecule has 0 saturated heterocycles. The van der Waals surface area contributed by atoms with E-state index in [9.17, 15) is 52.7 Å². The quantitative estimate of drug-likeness (QED) is 0.0458. The second kappa shape index (κ2) is 20.7. The van der Waals surface area contributed by atoms with Crippen molar-refractivity contribution in [3.63, 3.8) is 0 Å². The van der Waals surface area contributed by atoms with Crippen LogP contribution in [-0.4, -0.2) is 13.4 Å². The fraction of sp³-hybridized carbons (Fsp3) is 0. The lowest BCUT2D eigenvalue weighted by atomic mass is 9.36. The molecule has 85 heavy (non-hydrogen) atoms. The van der Waals surface area contributed by atoms with Crippen LogP contribution >= 0.6 is 0 Å². The lowest BCUT2D eigenvalue weighted by Crippen LogP contribution is -2.58. The minimum Gasteiger partial charge on any atom is -0.309 e. The predicted molar refractivity (Wildman–Crippen MR) is 280 cm³/mol. The molecule has 0 N–H and O–H groups in total. The van der Waals surface area contributed by atoms with Crippen LogP contribution in [0.15, 0.2) is 140 Å². The van der Waals surface area contributed by atoms with Gasteiger partial charge in [0.25, 0.3) is 13.4 Å². The Morgan fingerprint density at radius 3 is 1.00 bits per heavy atom. The van der Waals surface area contributed by atoms with Crippen molar-refractivity contribution in [1.29, 1.82) is 0 Å². The normalized spacial score (nSPS) is 12.0. The lowest BCUT2D eigenvalue weighted by molar-refractivity contribution is 0.382. The molecule has 0 bridgehead atoms. The molecule has 12 rings (SSSR count). The lowest BCUT2D eigenvalue weighted by Gasteiger charge is -2.34. The van der Waals surface area contributed by atoms with Crippen LogP contribution in [0.2, 0.25) is 0 Å². The van der Waals surface area contributed by atoms with E-state index in [0.29, 0.717) is 60.9 Å². The van der Waals surface area contributed by atoms with Crippen molar-refractivity contribution in [1.82, 2.24) is 0 Å². The molecule has 1 heterocycles. The Morgan fingerprint density at radius 1 is 0.247 bits per heavy atom. The zero-order valence-electron chi connectivity index (χ0n) is 41.9. The fourth-order valence-corrected chi connectivity index (χ4v) is 11.1. The molecule has 0 unspecified atom stereocenters. The molecule has 1 aliphatic rings. The molecule has 0 saturated carbocycles. The molecule has 0 atom stereocenters. The standard InChI is InChI=1S/C62H23B2F20N/c65-43-39(44(66)52(74)59(81)51(43)73)63(40-45(67)53(75)60(82)54(76)46(40)68)29-16-11-24(12-17-29)26-9-10-28-22-35-32-20-15-27(23-37(32)85(31-5-2-1-3-6-31)36-8-4-7-33(38(35)36)34(28)21-26)25-13-18-30(19-14-25)64(41-47(69)55(77)61(83)56(78)48(41)70)42-49(71)57(79)62(84)58(80)50(42)72/h1-23H. The zero-order valence-corrected chi connectivity index (χ0v) is 41.9. The average molecular weight is 1180 g/mol. The van der Waals surface area contributed by atoms with Gasteiger partial charge in [0.05, 0.1) is 11.4 Å². The molecule has 0 spiro atoms. The van der Waals surface area contributed by atoms with Crippen LogP contribution in [0.4, 0.5) is 105 Å². The smallest absolute Gasteiger partial charge is 0.257 e. The summed E-state index contributed by atoms with van der Waals surface area (Å²) in [5.41, 5.74) is -4.49. The number of hydrogen-bond donors (Lipinski definition) is 0. The van der Waals surface area contributed by atoms with Gasteiger partial charge in [-0.05, 0) is 80.4 Å². The van der Waals surface area contributed by atoms with Crippen LogP contribution < -0.4 is 37.7 Å². The number of rotatable bonds is 9. The first-order chi connectivity index (χ1) is 40.5. The summed E-state index contributed by atoms with van der Waals surface area (Å²) in [5.74, 6) is -51.8. The first kappa shape index (κ1) is 56.0. The Kier molecular flexibility index (Phi) is 13.6. The highest BCUT2D eigenvalue weighted by Gasteiger charge is 2.43. The van der Waals surface area contributed by atoms with Crippen molar-refractivity contribution < 1.29 is 87.8 Å². The highest BCUT2D eigenvalue weighted by atomic mass is 19.2. The second-order valence-electron chi connectivity index (χ2n) is 19.5. The largest absolute Gasteiger partial charge is 0.309 e. The Bertz CT molecular complexity index is 4420. The maximum Gasteiger partial charge on any atom is 0.257 e. The second-order valence-corrected chi connectivity index (χ2v) is 19.5. The van der Waals surface area contributed by atoms with E-state index in [2.05, 4.69) is 0 Å². The van der Waals surface area contributed by atoms with Crippen LogP contribution in [0.5, 0.6) is 0 Å². The number of anilines is 3. The molecule has 422 valence electrons. The van der Waals surface area contributed by atoms with Crippen molar-refractivity contribution in [2.24, 2.45) is 0 Å². The predicted octanol–water partition coefficient (Wildman–Crippen LogP) is 14.6. The molecule has 23 heteroatoms. The summed E-state index contributed by atoms with van der Waals surface area (Å²) < 4.78 is 298. The van der Waals surface area contributed by atoms with Crippen molar-refractivity contribution in [2.45, 2.75) is 0 Å².